The quantitative estimate of drug-likeness (QED) is 0.765. The Kier molecular flexibility index (Phi) is 4.39. The van der Waals surface area contributed by atoms with Crippen molar-refractivity contribution in [2.24, 2.45) is 17.8 Å². The fraction of sp³-hybridized carbons (Fsp3) is 0.850. The van der Waals surface area contributed by atoms with E-state index in [0.29, 0.717) is 47.7 Å². The number of fused-ring (bicyclic) bond motifs is 3. The van der Waals surface area contributed by atoms with Gasteiger partial charge in [0.15, 0.2) is 5.82 Å². The molecular formula is C20H31N5O3. The summed E-state index contributed by atoms with van der Waals surface area (Å²) < 4.78 is 11.3. The summed E-state index contributed by atoms with van der Waals surface area (Å²) in [4.78, 5) is 24.0. The minimum atomic E-state index is 0.257. The van der Waals surface area contributed by atoms with Crippen molar-refractivity contribution < 1.29 is 14.1 Å². The molecule has 1 aromatic heterocycles. The van der Waals surface area contributed by atoms with E-state index in [0.717, 1.165) is 39.1 Å². The lowest BCUT2D eigenvalue weighted by molar-refractivity contribution is -0.133. The molecule has 4 atom stereocenters. The van der Waals surface area contributed by atoms with Gasteiger partial charge in [0.05, 0.1) is 25.3 Å². The highest BCUT2D eigenvalue weighted by Gasteiger charge is 2.61. The summed E-state index contributed by atoms with van der Waals surface area (Å²) in [5.41, 5.74) is 0. The molecule has 8 nitrogen and oxygen atoms in total. The van der Waals surface area contributed by atoms with E-state index in [1.807, 2.05) is 18.9 Å². The van der Waals surface area contributed by atoms with Gasteiger partial charge >= 0.3 is 6.01 Å². The number of nitrogens with zero attached hydrogens (tertiary/aromatic N) is 5. The molecule has 28 heavy (non-hydrogen) atoms. The molecule has 4 unspecified atom stereocenters. The van der Waals surface area contributed by atoms with Gasteiger partial charge < -0.3 is 19.1 Å². The predicted octanol–water partition coefficient (Wildman–Crippen LogP) is 1.16. The third-order valence-corrected chi connectivity index (χ3v) is 7.38. The number of likely N-dealkylation sites (tertiary alicyclic amines) is 1. The molecule has 4 heterocycles. The van der Waals surface area contributed by atoms with Crippen molar-refractivity contribution in [1.29, 1.82) is 0 Å². The number of amides is 1. The Bertz CT molecular complexity index is 726. The zero-order valence-corrected chi connectivity index (χ0v) is 17.2. The first-order chi connectivity index (χ1) is 13.4. The van der Waals surface area contributed by atoms with Crippen LogP contribution >= 0.6 is 0 Å². The van der Waals surface area contributed by atoms with E-state index in [4.69, 9.17) is 9.26 Å². The lowest BCUT2D eigenvalue weighted by Crippen LogP contribution is -2.61. The van der Waals surface area contributed by atoms with Crippen molar-refractivity contribution in [3.63, 3.8) is 0 Å². The number of carbonyl (C=O) groups excluding carboxylic acids is 1. The highest BCUT2D eigenvalue weighted by atomic mass is 16.5. The summed E-state index contributed by atoms with van der Waals surface area (Å²) in [6.45, 7) is 9.60. The van der Waals surface area contributed by atoms with Gasteiger partial charge in [-0.05, 0) is 45.4 Å². The lowest BCUT2D eigenvalue weighted by Gasteiger charge is -2.49. The molecule has 1 amide bonds. The van der Waals surface area contributed by atoms with Gasteiger partial charge in [0.1, 0.15) is 0 Å². The molecule has 0 radical (unpaired) electrons. The number of aromatic nitrogens is 2. The summed E-state index contributed by atoms with van der Waals surface area (Å²) in [5, 5.41) is 3.97. The molecule has 0 spiro atoms. The Morgan fingerprint density at radius 2 is 1.79 bits per heavy atom. The Labute approximate surface area is 166 Å². The van der Waals surface area contributed by atoms with Crippen molar-refractivity contribution in [1.82, 2.24) is 19.9 Å². The zero-order valence-electron chi connectivity index (χ0n) is 17.2. The lowest BCUT2D eigenvalue weighted by atomic mass is 9.89. The predicted molar refractivity (Wildman–Crippen MR) is 103 cm³/mol. The molecule has 4 aliphatic rings. The SMILES string of the molecule is Cc1noc(N2C3COCC2CC(N2CC4C(C2)C4C(=O)N(C)C(C)C)C3)n1. The fourth-order valence-electron chi connectivity index (χ4n) is 5.60. The van der Waals surface area contributed by atoms with Crippen LogP contribution in [0.25, 0.3) is 0 Å². The van der Waals surface area contributed by atoms with Crippen LogP contribution in [0.4, 0.5) is 6.01 Å². The van der Waals surface area contributed by atoms with Crippen LogP contribution in [-0.2, 0) is 9.53 Å². The topological polar surface area (TPSA) is 74.9 Å². The average molecular weight is 390 g/mol. The number of rotatable bonds is 4. The Balaban J connectivity index is 1.22. The second-order valence-corrected chi connectivity index (χ2v) is 9.35. The van der Waals surface area contributed by atoms with Crippen LogP contribution in [0.15, 0.2) is 4.52 Å². The maximum Gasteiger partial charge on any atom is 0.324 e. The van der Waals surface area contributed by atoms with Crippen molar-refractivity contribution >= 4 is 11.9 Å². The summed E-state index contributed by atoms with van der Waals surface area (Å²) in [5.74, 6) is 2.39. The number of carbonyl (C=O) groups is 1. The largest absolute Gasteiger partial charge is 0.377 e. The number of piperidine rings is 2. The summed E-state index contributed by atoms with van der Waals surface area (Å²) >= 11 is 0. The fourth-order valence-corrected chi connectivity index (χ4v) is 5.60. The first-order valence-electron chi connectivity index (χ1n) is 10.6. The Morgan fingerprint density at radius 1 is 1.14 bits per heavy atom. The van der Waals surface area contributed by atoms with E-state index >= 15 is 0 Å². The third-order valence-electron chi connectivity index (χ3n) is 7.38. The molecule has 1 aliphatic carbocycles. The van der Waals surface area contributed by atoms with Crippen molar-refractivity contribution in [2.45, 2.75) is 57.8 Å². The molecule has 8 heteroatoms. The standard InChI is InChI=1S/C20H31N5O3/c1-11(2)23(4)19(26)18-16-7-24(8-17(16)18)13-5-14-9-27-10-15(6-13)25(14)20-21-12(3)22-28-20/h11,13-18H,5-10H2,1-4H3. The minimum Gasteiger partial charge on any atom is -0.377 e. The number of ether oxygens (including phenoxy) is 1. The Morgan fingerprint density at radius 3 is 2.32 bits per heavy atom. The number of hydrogen-bond acceptors (Lipinski definition) is 7. The maximum absolute atomic E-state index is 12.7. The average Bonchev–Trinajstić information content (AvgIpc) is 2.98. The first-order valence-corrected chi connectivity index (χ1v) is 10.6. The maximum atomic E-state index is 12.7. The van der Waals surface area contributed by atoms with Gasteiger partial charge in [-0.25, -0.2) is 0 Å². The molecule has 1 saturated carbocycles. The monoisotopic (exact) mass is 389 g/mol. The third kappa shape index (κ3) is 2.92. The molecule has 0 aromatic carbocycles. The van der Waals surface area contributed by atoms with E-state index in [9.17, 15) is 4.79 Å². The molecule has 5 rings (SSSR count). The zero-order chi connectivity index (χ0) is 19.6. The second-order valence-electron chi connectivity index (χ2n) is 9.35. The molecule has 2 bridgehead atoms. The van der Waals surface area contributed by atoms with Crippen LogP contribution in [0.3, 0.4) is 0 Å². The van der Waals surface area contributed by atoms with Gasteiger partial charge in [-0.1, -0.05) is 5.16 Å². The number of anilines is 1. The van der Waals surface area contributed by atoms with E-state index in [1.54, 1.807) is 0 Å². The first kappa shape index (κ1) is 18.4. The van der Waals surface area contributed by atoms with Gasteiger partial charge in [0.2, 0.25) is 5.91 Å². The highest BCUT2D eigenvalue weighted by Crippen LogP contribution is 2.54. The van der Waals surface area contributed by atoms with E-state index in [2.05, 4.69) is 33.8 Å². The van der Waals surface area contributed by atoms with Crippen LogP contribution in [0, 0.1) is 24.7 Å². The van der Waals surface area contributed by atoms with Crippen LogP contribution in [0.2, 0.25) is 0 Å². The molecule has 1 aromatic rings. The summed E-state index contributed by atoms with van der Waals surface area (Å²) in [7, 11) is 1.94. The summed E-state index contributed by atoms with van der Waals surface area (Å²) in [6, 6.07) is 2.06. The van der Waals surface area contributed by atoms with Crippen molar-refractivity contribution in [2.75, 3.05) is 38.3 Å². The molecule has 154 valence electrons. The van der Waals surface area contributed by atoms with Gasteiger partial charge in [-0.3, -0.25) is 9.69 Å². The van der Waals surface area contributed by atoms with E-state index in [-0.39, 0.29) is 12.0 Å². The molecule has 0 N–H and O–H groups in total. The van der Waals surface area contributed by atoms with Crippen LogP contribution in [-0.4, -0.2) is 83.4 Å². The van der Waals surface area contributed by atoms with Crippen molar-refractivity contribution in [3.8, 4) is 0 Å². The smallest absolute Gasteiger partial charge is 0.324 e. The minimum absolute atomic E-state index is 0.257. The van der Waals surface area contributed by atoms with Crippen LogP contribution in [0.1, 0.15) is 32.5 Å². The number of hydrogen-bond donors (Lipinski definition) is 0. The van der Waals surface area contributed by atoms with Gasteiger partial charge in [0, 0.05) is 38.1 Å². The van der Waals surface area contributed by atoms with E-state index in [1.165, 1.54) is 0 Å². The second kappa shape index (κ2) is 6.69. The van der Waals surface area contributed by atoms with Crippen LogP contribution in [0.5, 0.6) is 0 Å². The number of aryl methyl sites for hydroxylation is 1. The highest BCUT2D eigenvalue weighted by molar-refractivity contribution is 5.82. The van der Waals surface area contributed by atoms with Crippen molar-refractivity contribution in [3.05, 3.63) is 5.82 Å². The molecule has 4 fully saturated rings. The molecule has 3 saturated heterocycles. The van der Waals surface area contributed by atoms with Gasteiger partial charge in [-0.2, -0.15) is 4.98 Å². The number of morpholine rings is 1. The van der Waals surface area contributed by atoms with Crippen LogP contribution < -0.4 is 4.90 Å². The molecule has 3 aliphatic heterocycles. The summed E-state index contributed by atoms with van der Waals surface area (Å²) in [6.07, 6.45) is 2.11. The van der Waals surface area contributed by atoms with E-state index < -0.39 is 0 Å². The molecular weight excluding hydrogens is 358 g/mol. The van der Waals surface area contributed by atoms with Gasteiger partial charge in [-0.15, -0.1) is 0 Å². The van der Waals surface area contributed by atoms with Gasteiger partial charge in [0.25, 0.3) is 0 Å². The normalized spacial score (nSPS) is 37.2. The Hall–Kier alpha value is -1.67.